The van der Waals surface area contributed by atoms with Crippen LogP contribution in [0, 0.1) is 0 Å². The molecule has 0 N–H and O–H groups in total. The predicted molar refractivity (Wildman–Crippen MR) is 73.8 cm³/mol. The van der Waals surface area contributed by atoms with Crippen LogP contribution in [-0.4, -0.2) is 19.1 Å². The molecule has 0 fully saturated rings. The van der Waals surface area contributed by atoms with E-state index < -0.39 is 13.5 Å². The van der Waals surface area contributed by atoms with Gasteiger partial charge in [0.15, 0.2) is 0 Å². The molecule has 0 spiro atoms. The van der Waals surface area contributed by atoms with E-state index in [0.717, 1.165) is 38.5 Å². The predicted octanol–water partition coefficient (Wildman–Crippen LogP) is 5.89. The van der Waals surface area contributed by atoms with Crippen molar-refractivity contribution in [3.8, 4) is 0 Å². The van der Waals surface area contributed by atoms with E-state index in [0.29, 0.717) is 12.8 Å². The third-order valence-corrected chi connectivity index (χ3v) is 4.49. The summed E-state index contributed by atoms with van der Waals surface area (Å²) in [6.07, 6.45) is 6.28. The second-order valence-corrected chi connectivity index (χ2v) is 6.77. The van der Waals surface area contributed by atoms with Crippen molar-refractivity contribution < 1.29 is 26.8 Å². The molecule has 0 aliphatic rings. The zero-order valence-electron chi connectivity index (χ0n) is 12.4. The molecule has 0 aliphatic heterocycles. The molecule has 0 unspecified atom stereocenters. The lowest BCUT2D eigenvalue weighted by molar-refractivity contribution is -0.0757. The molecule has 0 aliphatic carbocycles. The summed E-state index contributed by atoms with van der Waals surface area (Å²) in [7, 11) is -5.00. The highest BCUT2D eigenvalue weighted by Gasteiger charge is 2.54. The maximum Gasteiger partial charge on any atom is 0.493 e. The molecule has 0 bridgehead atoms. The van der Waals surface area contributed by atoms with E-state index in [1.807, 2.05) is 13.8 Å². The average Bonchev–Trinajstić information content (AvgIpc) is 2.37. The molecular weight excluding hydrogens is 292 g/mol. The number of rotatable bonds is 12. The highest BCUT2D eigenvalue weighted by atomic mass is 31.2. The monoisotopic (exact) mass is 318 g/mol. The minimum absolute atomic E-state index is 0.175. The van der Waals surface area contributed by atoms with Crippen LogP contribution in [0.1, 0.15) is 65.2 Å². The van der Waals surface area contributed by atoms with Crippen molar-refractivity contribution in [1.29, 1.82) is 0 Å². The normalized spacial score (nSPS) is 12.8. The number of halogens is 3. The van der Waals surface area contributed by atoms with Crippen LogP contribution in [-0.2, 0) is 13.6 Å². The minimum atomic E-state index is -5.00. The third kappa shape index (κ3) is 8.28. The van der Waals surface area contributed by atoms with Crippen molar-refractivity contribution in [3.05, 3.63) is 0 Å². The number of hydrogen-bond acceptors (Lipinski definition) is 3. The molecule has 0 saturated heterocycles. The molecule has 0 rings (SSSR count). The first kappa shape index (κ1) is 19.9. The van der Waals surface area contributed by atoms with Crippen molar-refractivity contribution >= 4 is 7.60 Å². The highest BCUT2D eigenvalue weighted by molar-refractivity contribution is 7.54. The van der Waals surface area contributed by atoms with E-state index in [1.54, 1.807) is 0 Å². The first-order chi connectivity index (χ1) is 9.37. The van der Waals surface area contributed by atoms with Gasteiger partial charge in [0.25, 0.3) is 0 Å². The van der Waals surface area contributed by atoms with Gasteiger partial charge in [-0.15, -0.1) is 0 Å². The van der Waals surface area contributed by atoms with Crippen LogP contribution in [0.5, 0.6) is 0 Å². The molecule has 20 heavy (non-hydrogen) atoms. The van der Waals surface area contributed by atoms with Gasteiger partial charge in [-0.3, -0.25) is 0 Å². The van der Waals surface area contributed by atoms with Gasteiger partial charge in [-0.25, -0.2) is 4.57 Å². The molecular formula is C13H26F3O3P. The lowest BCUT2D eigenvalue weighted by Crippen LogP contribution is -2.15. The summed E-state index contributed by atoms with van der Waals surface area (Å²) in [6, 6.07) is 0. The van der Waals surface area contributed by atoms with Crippen molar-refractivity contribution in [3.63, 3.8) is 0 Å². The minimum Gasteiger partial charge on any atom is -0.302 e. The molecule has 0 aromatic carbocycles. The Morgan fingerprint density at radius 3 is 1.50 bits per heavy atom. The van der Waals surface area contributed by atoms with Gasteiger partial charge in [0, 0.05) is 0 Å². The lowest BCUT2D eigenvalue weighted by Gasteiger charge is -2.20. The summed E-state index contributed by atoms with van der Waals surface area (Å²) in [6.45, 7) is 3.65. The lowest BCUT2D eigenvalue weighted by atomic mass is 10.2. The molecule has 0 atom stereocenters. The van der Waals surface area contributed by atoms with Crippen LogP contribution in [0.3, 0.4) is 0 Å². The zero-order chi connectivity index (χ0) is 15.5. The van der Waals surface area contributed by atoms with E-state index in [2.05, 4.69) is 9.05 Å². The maximum atomic E-state index is 12.7. The first-order valence-corrected chi connectivity index (χ1v) is 8.87. The Labute approximate surface area is 119 Å². The van der Waals surface area contributed by atoms with Crippen LogP contribution in [0.4, 0.5) is 13.2 Å². The van der Waals surface area contributed by atoms with Gasteiger partial charge in [0.1, 0.15) is 0 Å². The number of unbranched alkanes of at least 4 members (excludes halogenated alkanes) is 6. The Kier molecular flexibility index (Phi) is 10.6. The van der Waals surface area contributed by atoms with Gasteiger partial charge in [0.2, 0.25) is 0 Å². The van der Waals surface area contributed by atoms with Crippen molar-refractivity contribution in [2.75, 3.05) is 13.2 Å². The summed E-state index contributed by atoms with van der Waals surface area (Å²) in [5, 5.41) is 0. The van der Waals surface area contributed by atoms with Crippen LogP contribution in [0.25, 0.3) is 0 Å². The van der Waals surface area contributed by atoms with Crippen molar-refractivity contribution in [2.45, 2.75) is 71.1 Å². The first-order valence-electron chi connectivity index (χ1n) is 7.33. The molecule has 7 heteroatoms. The van der Waals surface area contributed by atoms with Crippen molar-refractivity contribution in [2.24, 2.45) is 0 Å². The Hall–Kier alpha value is -0.0600. The largest absolute Gasteiger partial charge is 0.493 e. The summed E-state index contributed by atoms with van der Waals surface area (Å²) in [5.74, 6) is -4.94. The van der Waals surface area contributed by atoms with Gasteiger partial charge in [-0.05, 0) is 12.8 Å². The summed E-state index contributed by atoms with van der Waals surface area (Å²) < 4.78 is 59.1. The Bertz CT molecular complexity index is 265. The SMILES string of the molecule is CCCCCCOP(=O)(OCCCCCC)C(F)(F)F. The fourth-order valence-corrected chi connectivity index (χ4v) is 2.72. The molecule has 0 amide bonds. The second-order valence-electron chi connectivity index (χ2n) is 4.75. The van der Waals surface area contributed by atoms with Gasteiger partial charge >= 0.3 is 13.5 Å². The van der Waals surface area contributed by atoms with E-state index >= 15 is 0 Å². The summed E-state index contributed by atoms with van der Waals surface area (Å²) in [5.41, 5.74) is 0. The maximum absolute atomic E-state index is 12.7. The molecule has 122 valence electrons. The average molecular weight is 318 g/mol. The number of alkyl halides is 3. The Morgan fingerprint density at radius 2 is 1.20 bits per heavy atom. The van der Waals surface area contributed by atoms with E-state index in [9.17, 15) is 17.7 Å². The van der Waals surface area contributed by atoms with Crippen LogP contribution in [0.2, 0.25) is 0 Å². The topological polar surface area (TPSA) is 35.5 Å². The number of hydrogen-bond donors (Lipinski definition) is 0. The van der Waals surface area contributed by atoms with Gasteiger partial charge in [-0.1, -0.05) is 52.4 Å². The van der Waals surface area contributed by atoms with Gasteiger partial charge in [-0.2, -0.15) is 13.2 Å². The van der Waals surface area contributed by atoms with Crippen LogP contribution in [0.15, 0.2) is 0 Å². The van der Waals surface area contributed by atoms with Crippen LogP contribution < -0.4 is 0 Å². The van der Waals surface area contributed by atoms with E-state index in [-0.39, 0.29) is 13.2 Å². The Morgan fingerprint density at radius 1 is 0.800 bits per heavy atom. The molecule has 3 nitrogen and oxygen atoms in total. The van der Waals surface area contributed by atoms with Crippen molar-refractivity contribution in [1.82, 2.24) is 0 Å². The molecule has 0 heterocycles. The molecule has 0 aromatic rings. The third-order valence-electron chi connectivity index (χ3n) is 2.83. The zero-order valence-corrected chi connectivity index (χ0v) is 13.3. The van der Waals surface area contributed by atoms with Gasteiger partial charge in [0.05, 0.1) is 13.2 Å². The standard InChI is InChI=1S/C13H26F3O3P/c1-3-5-7-9-11-18-20(17,13(14,15)16)19-12-10-8-6-4-2/h3-12H2,1-2H3. The van der Waals surface area contributed by atoms with E-state index in [1.165, 1.54) is 0 Å². The summed E-state index contributed by atoms with van der Waals surface area (Å²) in [4.78, 5) is 0. The fourth-order valence-electron chi connectivity index (χ4n) is 1.61. The molecule has 0 radical (unpaired) electrons. The summed E-state index contributed by atoms with van der Waals surface area (Å²) >= 11 is 0. The van der Waals surface area contributed by atoms with Crippen LogP contribution >= 0.6 is 7.60 Å². The highest BCUT2D eigenvalue weighted by Crippen LogP contribution is 2.62. The molecule has 0 saturated carbocycles. The van der Waals surface area contributed by atoms with E-state index in [4.69, 9.17) is 0 Å². The smallest absolute Gasteiger partial charge is 0.302 e. The second kappa shape index (κ2) is 10.6. The molecule has 0 aromatic heterocycles. The fraction of sp³-hybridized carbons (Fsp3) is 1.00. The van der Waals surface area contributed by atoms with Gasteiger partial charge < -0.3 is 9.05 Å². The Balaban J connectivity index is 4.14. The quantitative estimate of drug-likeness (QED) is 0.332.